The Labute approximate surface area is 48.8 Å². The van der Waals surface area contributed by atoms with Gasteiger partial charge in [-0.05, 0) is 13.8 Å². The van der Waals surface area contributed by atoms with Crippen molar-refractivity contribution in [3.8, 4) is 0 Å². The van der Waals surface area contributed by atoms with Crippen LogP contribution in [-0.2, 0) is 0 Å². The summed E-state index contributed by atoms with van der Waals surface area (Å²) in [6, 6.07) is -0.331. The average Bonchev–Trinajstić information content (AvgIpc) is 1.68. The molecule has 0 spiro atoms. The Hall–Kier alpha value is -0.860. The van der Waals surface area contributed by atoms with Crippen molar-refractivity contribution in [1.29, 1.82) is 0 Å². The molecule has 0 heterocycles. The first kappa shape index (κ1) is 7.14. The molecule has 1 N–H and O–H groups in total. The van der Waals surface area contributed by atoms with Crippen LogP contribution in [0.25, 0.3) is 0 Å². The Balaban J connectivity index is 3.33. The lowest BCUT2D eigenvalue weighted by atomic mass is 10.7. The highest BCUT2D eigenvalue weighted by Crippen LogP contribution is 1.68. The molecule has 1 radical (unpaired) electrons. The van der Waals surface area contributed by atoms with Crippen molar-refractivity contribution in [2.75, 3.05) is 6.54 Å². The van der Waals surface area contributed by atoms with Gasteiger partial charge in [0.25, 0.3) is 0 Å². The highest BCUT2D eigenvalue weighted by atomic mass is 16.2. The number of nitrogens with one attached hydrogen (secondary N) is 1. The molecule has 0 fully saturated rings. The quantitative estimate of drug-likeness (QED) is 0.497. The van der Waals surface area contributed by atoms with E-state index in [4.69, 9.17) is 0 Å². The number of aliphatic imine (C=N–C) groups is 1. The number of rotatable bonds is 1. The van der Waals surface area contributed by atoms with Gasteiger partial charge in [0.15, 0.2) is 0 Å². The van der Waals surface area contributed by atoms with Gasteiger partial charge in [-0.2, -0.15) is 0 Å². The van der Waals surface area contributed by atoms with Gasteiger partial charge in [0.2, 0.25) is 0 Å². The van der Waals surface area contributed by atoms with Gasteiger partial charge in [-0.15, -0.1) is 0 Å². The minimum atomic E-state index is -0.331. The molecule has 0 atom stereocenters. The van der Waals surface area contributed by atoms with Gasteiger partial charge in [0.05, 0.1) is 0 Å². The summed E-state index contributed by atoms with van der Waals surface area (Å²) < 4.78 is 0. The number of hydrogen-bond donors (Lipinski definition) is 1. The van der Waals surface area contributed by atoms with Gasteiger partial charge >= 0.3 is 6.03 Å². The van der Waals surface area contributed by atoms with E-state index in [1.165, 1.54) is 6.21 Å². The number of urea groups is 1. The van der Waals surface area contributed by atoms with E-state index in [-0.39, 0.29) is 6.03 Å². The molecular formula is C5H9N2O. The third-order valence-corrected chi connectivity index (χ3v) is 0.523. The lowest BCUT2D eigenvalue weighted by molar-refractivity contribution is 0.250. The van der Waals surface area contributed by atoms with Gasteiger partial charge in [0, 0.05) is 12.8 Å². The summed E-state index contributed by atoms with van der Waals surface area (Å²) in [6.07, 6.45) is 1.44. The molecule has 0 bridgehead atoms. The third-order valence-electron chi connectivity index (χ3n) is 0.523. The molecule has 0 aromatic heterocycles. The Morgan fingerprint density at radius 2 is 2.62 bits per heavy atom. The van der Waals surface area contributed by atoms with Crippen molar-refractivity contribution in [3.05, 3.63) is 6.92 Å². The van der Waals surface area contributed by atoms with E-state index in [1.807, 2.05) is 0 Å². The minimum absolute atomic E-state index is 0.331. The Kier molecular flexibility index (Phi) is 3.84. The predicted octanol–water partition coefficient (Wildman–Crippen LogP) is 0.621. The lowest BCUT2D eigenvalue weighted by Crippen LogP contribution is -2.18. The van der Waals surface area contributed by atoms with Crippen LogP contribution in [0.15, 0.2) is 4.99 Å². The van der Waals surface area contributed by atoms with E-state index in [0.717, 1.165) is 0 Å². The van der Waals surface area contributed by atoms with Crippen molar-refractivity contribution in [3.63, 3.8) is 0 Å². The Bertz CT molecular complexity index is 98.6. The van der Waals surface area contributed by atoms with E-state index >= 15 is 0 Å². The molecular weight excluding hydrogens is 104 g/mol. The van der Waals surface area contributed by atoms with Crippen molar-refractivity contribution in [1.82, 2.24) is 5.32 Å². The van der Waals surface area contributed by atoms with E-state index < -0.39 is 0 Å². The molecule has 0 aromatic rings. The second-order valence-electron chi connectivity index (χ2n) is 1.12. The first-order valence-corrected chi connectivity index (χ1v) is 2.37. The maximum absolute atomic E-state index is 10.3. The smallest absolute Gasteiger partial charge is 0.336 e. The van der Waals surface area contributed by atoms with Crippen molar-refractivity contribution in [2.45, 2.75) is 6.92 Å². The van der Waals surface area contributed by atoms with E-state index in [9.17, 15) is 4.79 Å². The minimum Gasteiger partial charge on any atom is -0.336 e. The third kappa shape index (κ3) is 3.33. The molecule has 0 aromatic carbocycles. The first-order valence-electron chi connectivity index (χ1n) is 2.37. The number of hydrogen-bond acceptors (Lipinski definition) is 1. The molecule has 0 aliphatic rings. The standard InChI is InChI=1S/C5H9N2O/c1-3-6-5(8)7-4-2/h4H,1,3H2,2H3,(H,6,8). The van der Waals surface area contributed by atoms with Gasteiger partial charge in [-0.1, -0.05) is 0 Å². The van der Waals surface area contributed by atoms with Crippen molar-refractivity contribution in [2.24, 2.45) is 4.99 Å². The van der Waals surface area contributed by atoms with Crippen LogP contribution >= 0.6 is 0 Å². The van der Waals surface area contributed by atoms with E-state index in [0.29, 0.717) is 6.54 Å². The van der Waals surface area contributed by atoms with Crippen LogP contribution in [0, 0.1) is 6.92 Å². The fourth-order valence-corrected chi connectivity index (χ4v) is 0.270. The van der Waals surface area contributed by atoms with Crippen LogP contribution in [0.1, 0.15) is 6.92 Å². The van der Waals surface area contributed by atoms with Crippen LogP contribution in [0.5, 0.6) is 0 Å². The summed E-state index contributed by atoms with van der Waals surface area (Å²) in [5.74, 6) is 0. The van der Waals surface area contributed by atoms with Crippen LogP contribution in [0.3, 0.4) is 0 Å². The van der Waals surface area contributed by atoms with E-state index in [2.05, 4.69) is 17.2 Å². The molecule has 8 heavy (non-hydrogen) atoms. The van der Waals surface area contributed by atoms with Crippen molar-refractivity contribution < 1.29 is 4.79 Å². The first-order chi connectivity index (χ1) is 3.81. The molecule has 0 rings (SSSR count). The summed E-state index contributed by atoms with van der Waals surface area (Å²) in [5.41, 5.74) is 0. The van der Waals surface area contributed by atoms with Crippen LogP contribution in [-0.4, -0.2) is 18.8 Å². The Morgan fingerprint density at radius 1 is 2.00 bits per heavy atom. The number of carbonyl (C=O) groups excluding carboxylic acids is 1. The summed E-state index contributed by atoms with van der Waals surface area (Å²) in [7, 11) is 0. The summed E-state index contributed by atoms with van der Waals surface area (Å²) in [4.78, 5) is 13.7. The van der Waals surface area contributed by atoms with E-state index in [1.54, 1.807) is 6.92 Å². The maximum atomic E-state index is 10.3. The van der Waals surface area contributed by atoms with Crippen LogP contribution in [0.2, 0.25) is 0 Å². The predicted molar refractivity (Wildman–Crippen MR) is 32.9 cm³/mol. The second kappa shape index (κ2) is 4.30. The zero-order chi connectivity index (χ0) is 6.41. The average molecular weight is 113 g/mol. The number of carbonyl (C=O) groups is 1. The largest absolute Gasteiger partial charge is 0.340 e. The highest BCUT2D eigenvalue weighted by Gasteiger charge is 1.87. The fraction of sp³-hybridized carbons (Fsp3) is 0.400. The zero-order valence-electron chi connectivity index (χ0n) is 4.85. The van der Waals surface area contributed by atoms with Gasteiger partial charge in [0.1, 0.15) is 0 Å². The molecule has 0 unspecified atom stereocenters. The topological polar surface area (TPSA) is 41.5 Å². The SMILES string of the molecule is [CH2]CNC(=O)N=CC. The number of nitrogens with zero attached hydrogens (tertiary/aromatic N) is 1. The fourth-order valence-electron chi connectivity index (χ4n) is 0.270. The zero-order valence-corrected chi connectivity index (χ0v) is 4.85. The van der Waals surface area contributed by atoms with Crippen LogP contribution < -0.4 is 5.32 Å². The summed E-state index contributed by atoms with van der Waals surface area (Å²) in [5, 5.41) is 2.40. The van der Waals surface area contributed by atoms with Crippen molar-refractivity contribution >= 4 is 12.2 Å². The summed E-state index contributed by atoms with van der Waals surface area (Å²) >= 11 is 0. The van der Waals surface area contributed by atoms with Crippen LogP contribution in [0.4, 0.5) is 4.79 Å². The second-order valence-corrected chi connectivity index (χ2v) is 1.12. The lowest BCUT2D eigenvalue weighted by Gasteiger charge is -1.90. The molecule has 45 valence electrons. The molecule has 0 aliphatic carbocycles. The molecule has 2 amide bonds. The molecule has 3 heteroatoms. The Morgan fingerprint density at radius 3 is 3.00 bits per heavy atom. The molecule has 0 aliphatic heterocycles. The molecule has 0 saturated heterocycles. The monoisotopic (exact) mass is 113 g/mol. The van der Waals surface area contributed by atoms with Gasteiger partial charge in [-0.25, -0.2) is 9.79 Å². The van der Waals surface area contributed by atoms with Gasteiger partial charge in [-0.3, -0.25) is 0 Å². The normalized spacial score (nSPS) is 9.75. The summed E-state index contributed by atoms with van der Waals surface area (Å²) in [6.45, 7) is 5.47. The maximum Gasteiger partial charge on any atom is 0.340 e. The molecule has 0 saturated carbocycles. The molecule has 3 nitrogen and oxygen atoms in total. The number of amides is 2. The van der Waals surface area contributed by atoms with Gasteiger partial charge < -0.3 is 5.32 Å². The highest BCUT2D eigenvalue weighted by molar-refractivity contribution is 5.82.